The summed E-state index contributed by atoms with van der Waals surface area (Å²) in [6, 6.07) is 11.7. The molecule has 2 aromatic rings. The van der Waals surface area contributed by atoms with Crippen LogP contribution in [0.1, 0.15) is 32.4 Å². The maximum absolute atomic E-state index is 12.7. The second-order valence-corrected chi connectivity index (χ2v) is 9.72. The third-order valence-electron chi connectivity index (χ3n) is 4.58. The summed E-state index contributed by atoms with van der Waals surface area (Å²) >= 11 is 1.53. The largest absolute Gasteiger partial charge is 0.490 e. The maximum atomic E-state index is 12.7. The van der Waals surface area contributed by atoms with E-state index in [1.165, 1.54) is 18.8 Å². The van der Waals surface area contributed by atoms with Crippen molar-refractivity contribution in [3.63, 3.8) is 0 Å². The molecule has 0 saturated carbocycles. The van der Waals surface area contributed by atoms with Crippen molar-refractivity contribution >= 4 is 27.7 Å². The Kier molecular flexibility index (Phi) is 9.21. The average molecular weight is 467 g/mol. The predicted molar refractivity (Wildman–Crippen MR) is 123 cm³/mol. The lowest BCUT2D eigenvalue weighted by Crippen LogP contribution is -2.39. The Hall–Kier alpha value is -2.23. The van der Waals surface area contributed by atoms with E-state index in [1.807, 2.05) is 39.2 Å². The van der Waals surface area contributed by atoms with Crippen LogP contribution in [0.15, 0.2) is 52.3 Å². The van der Waals surface area contributed by atoms with Gasteiger partial charge in [0, 0.05) is 11.9 Å². The molecule has 9 heteroatoms. The van der Waals surface area contributed by atoms with Crippen LogP contribution in [-0.2, 0) is 14.8 Å². The van der Waals surface area contributed by atoms with Gasteiger partial charge in [0.15, 0.2) is 11.5 Å². The molecule has 0 aliphatic carbocycles. The van der Waals surface area contributed by atoms with E-state index >= 15 is 0 Å². The van der Waals surface area contributed by atoms with Crippen LogP contribution in [0.25, 0.3) is 0 Å². The van der Waals surface area contributed by atoms with Crippen molar-refractivity contribution in [1.82, 2.24) is 9.62 Å². The van der Waals surface area contributed by atoms with Gasteiger partial charge >= 0.3 is 0 Å². The Morgan fingerprint density at radius 2 is 1.68 bits per heavy atom. The van der Waals surface area contributed by atoms with Crippen LogP contribution in [0, 0.1) is 0 Å². The number of carbonyl (C=O) groups is 1. The van der Waals surface area contributed by atoms with Gasteiger partial charge in [-0.05, 0) is 69.0 Å². The quantitative estimate of drug-likeness (QED) is 0.508. The number of likely N-dealkylation sites (N-methyl/N-ethyl adjacent to an activating group) is 1. The number of nitrogens with zero attached hydrogens (tertiary/aromatic N) is 1. The molecule has 31 heavy (non-hydrogen) atoms. The molecular weight excluding hydrogens is 436 g/mol. The Labute approximate surface area is 189 Å². The van der Waals surface area contributed by atoms with E-state index in [4.69, 9.17) is 9.47 Å². The Balaban J connectivity index is 2.06. The third kappa shape index (κ3) is 6.62. The van der Waals surface area contributed by atoms with Gasteiger partial charge in [0.2, 0.25) is 15.9 Å². The van der Waals surface area contributed by atoms with Gasteiger partial charge in [0.1, 0.15) is 0 Å². The normalized spacial score (nSPS) is 12.5. The molecule has 2 rings (SSSR count). The molecule has 0 heterocycles. The fourth-order valence-electron chi connectivity index (χ4n) is 2.92. The van der Waals surface area contributed by atoms with Gasteiger partial charge in [-0.15, -0.1) is 11.8 Å². The number of benzene rings is 2. The van der Waals surface area contributed by atoms with Crippen molar-refractivity contribution in [3.05, 3.63) is 48.0 Å². The lowest BCUT2D eigenvalue weighted by Gasteiger charge is -2.20. The number of ether oxygens (including phenoxy) is 2. The van der Waals surface area contributed by atoms with Crippen LogP contribution in [0.5, 0.6) is 11.5 Å². The van der Waals surface area contributed by atoms with Gasteiger partial charge in [-0.25, -0.2) is 8.42 Å². The molecular formula is C22H30N2O5S2. The van der Waals surface area contributed by atoms with Crippen LogP contribution in [-0.4, -0.2) is 51.7 Å². The number of sulfonamides is 1. The summed E-state index contributed by atoms with van der Waals surface area (Å²) in [6.45, 7) is 6.34. The van der Waals surface area contributed by atoms with Gasteiger partial charge in [-0.2, -0.15) is 4.31 Å². The SMILES string of the molecule is CCOc1ccc([C@H](C)NC(=O)CN(C)S(=O)(=O)c2ccc(SC)cc2)cc1OCC. The maximum Gasteiger partial charge on any atom is 0.243 e. The van der Waals surface area contributed by atoms with E-state index in [9.17, 15) is 13.2 Å². The van der Waals surface area contributed by atoms with Gasteiger partial charge in [0.25, 0.3) is 0 Å². The van der Waals surface area contributed by atoms with Gasteiger partial charge in [0.05, 0.1) is 30.7 Å². The fourth-order valence-corrected chi connectivity index (χ4v) is 4.46. The van der Waals surface area contributed by atoms with Crippen LogP contribution < -0.4 is 14.8 Å². The topological polar surface area (TPSA) is 84.9 Å². The van der Waals surface area contributed by atoms with Crippen LogP contribution >= 0.6 is 11.8 Å². The first-order valence-electron chi connectivity index (χ1n) is 10.0. The van der Waals surface area contributed by atoms with Crippen LogP contribution in [0.4, 0.5) is 0 Å². The molecule has 170 valence electrons. The molecule has 0 spiro atoms. The Bertz CT molecular complexity index is 978. The fraction of sp³-hybridized carbons (Fsp3) is 0.409. The van der Waals surface area contributed by atoms with Crippen LogP contribution in [0.3, 0.4) is 0 Å². The molecule has 7 nitrogen and oxygen atoms in total. The smallest absolute Gasteiger partial charge is 0.243 e. The molecule has 1 atom stereocenters. The summed E-state index contributed by atoms with van der Waals surface area (Å²) in [6.07, 6.45) is 1.92. The highest BCUT2D eigenvalue weighted by Gasteiger charge is 2.24. The molecule has 0 aliphatic heterocycles. The molecule has 0 aromatic heterocycles. The first-order valence-corrected chi connectivity index (χ1v) is 12.7. The third-order valence-corrected chi connectivity index (χ3v) is 7.14. The predicted octanol–water partition coefficient (Wildman–Crippen LogP) is 3.70. The highest BCUT2D eigenvalue weighted by atomic mass is 32.2. The van der Waals surface area contributed by atoms with E-state index in [2.05, 4.69) is 5.32 Å². The molecule has 2 aromatic carbocycles. The minimum atomic E-state index is -3.76. The number of rotatable bonds is 11. The molecule has 0 unspecified atom stereocenters. The van der Waals surface area contributed by atoms with E-state index in [0.717, 1.165) is 14.8 Å². The second kappa shape index (κ2) is 11.4. The number of nitrogens with one attached hydrogen (secondary N) is 1. The summed E-state index contributed by atoms with van der Waals surface area (Å²) in [5.74, 6) is 0.854. The minimum absolute atomic E-state index is 0.154. The van der Waals surface area contributed by atoms with Crippen molar-refractivity contribution in [2.75, 3.05) is 33.1 Å². The first kappa shape index (κ1) is 25.0. The van der Waals surface area contributed by atoms with Gasteiger partial charge < -0.3 is 14.8 Å². The number of carbonyl (C=O) groups excluding carboxylic acids is 1. The van der Waals surface area contributed by atoms with Crippen molar-refractivity contribution in [2.45, 2.75) is 36.6 Å². The van der Waals surface area contributed by atoms with E-state index in [-0.39, 0.29) is 17.5 Å². The molecule has 0 radical (unpaired) electrons. The standard InChI is InChI=1S/C22H30N2O5S2/c1-6-28-20-13-8-17(14-21(20)29-7-2)16(3)23-22(25)15-24(4)31(26,27)19-11-9-18(30-5)10-12-19/h8-14,16H,6-7,15H2,1-5H3,(H,23,25)/t16-/m0/s1. The van der Waals surface area contributed by atoms with Crippen molar-refractivity contribution in [3.8, 4) is 11.5 Å². The average Bonchev–Trinajstić information content (AvgIpc) is 2.75. The van der Waals surface area contributed by atoms with Gasteiger partial charge in [-0.3, -0.25) is 4.79 Å². The molecule has 0 fully saturated rings. The van der Waals surface area contributed by atoms with Crippen LogP contribution in [0.2, 0.25) is 0 Å². The number of thioether (sulfide) groups is 1. The first-order chi connectivity index (χ1) is 14.7. The summed E-state index contributed by atoms with van der Waals surface area (Å²) in [4.78, 5) is 13.6. The summed E-state index contributed by atoms with van der Waals surface area (Å²) in [5, 5.41) is 2.84. The van der Waals surface area contributed by atoms with E-state index in [1.54, 1.807) is 30.3 Å². The zero-order valence-electron chi connectivity index (χ0n) is 18.5. The Morgan fingerprint density at radius 1 is 1.06 bits per heavy atom. The van der Waals surface area contributed by atoms with Gasteiger partial charge in [-0.1, -0.05) is 6.07 Å². The molecule has 0 saturated heterocycles. The lowest BCUT2D eigenvalue weighted by atomic mass is 10.1. The molecule has 0 bridgehead atoms. The van der Waals surface area contributed by atoms with E-state index < -0.39 is 15.9 Å². The Morgan fingerprint density at radius 3 is 2.26 bits per heavy atom. The number of hydrogen-bond acceptors (Lipinski definition) is 6. The zero-order valence-corrected chi connectivity index (χ0v) is 20.2. The molecule has 1 N–H and O–H groups in total. The summed E-state index contributed by atoms with van der Waals surface area (Å²) in [7, 11) is -2.36. The minimum Gasteiger partial charge on any atom is -0.490 e. The lowest BCUT2D eigenvalue weighted by molar-refractivity contribution is -0.121. The summed E-state index contributed by atoms with van der Waals surface area (Å²) in [5.41, 5.74) is 0.832. The highest BCUT2D eigenvalue weighted by molar-refractivity contribution is 7.98. The monoisotopic (exact) mass is 466 g/mol. The highest BCUT2D eigenvalue weighted by Crippen LogP contribution is 2.30. The van der Waals surface area contributed by atoms with Crippen molar-refractivity contribution in [1.29, 1.82) is 0 Å². The number of hydrogen-bond donors (Lipinski definition) is 1. The van der Waals surface area contributed by atoms with E-state index in [0.29, 0.717) is 24.7 Å². The molecule has 1 amide bonds. The van der Waals surface area contributed by atoms with Crippen molar-refractivity contribution in [2.24, 2.45) is 0 Å². The zero-order chi connectivity index (χ0) is 23.0. The second-order valence-electron chi connectivity index (χ2n) is 6.80. The van der Waals surface area contributed by atoms with Crippen molar-refractivity contribution < 1.29 is 22.7 Å². The molecule has 0 aliphatic rings. The number of amides is 1. The summed E-state index contributed by atoms with van der Waals surface area (Å²) < 4.78 is 37.7.